The van der Waals surface area contributed by atoms with Gasteiger partial charge in [0, 0.05) is 36.8 Å². The normalized spacial score (nSPS) is 23.9. The number of aromatic nitrogens is 1. The summed E-state index contributed by atoms with van der Waals surface area (Å²) in [6.45, 7) is 5.42. The number of hydrogen-bond donors (Lipinski definition) is 1. The molecule has 106 valence electrons. The highest BCUT2D eigenvalue weighted by Gasteiger charge is 2.25. The minimum absolute atomic E-state index is 0.536. The third-order valence-corrected chi connectivity index (χ3v) is 4.69. The first-order valence-corrected chi connectivity index (χ1v) is 8.09. The predicted molar refractivity (Wildman–Crippen MR) is 83.9 cm³/mol. The lowest BCUT2D eigenvalue weighted by Crippen LogP contribution is -2.55. The molecule has 1 aliphatic heterocycles. The fourth-order valence-electron chi connectivity index (χ4n) is 2.75. The van der Waals surface area contributed by atoms with Crippen LogP contribution in [0.4, 0.5) is 0 Å². The monoisotopic (exact) mass is 287 g/mol. The van der Waals surface area contributed by atoms with Crippen LogP contribution < -0.4 is 5.32 Å². The van der Waals surface area contributed by atoms with Gasteiger partial charge in [0.1, 0.15) is 5.01 Å². The Bertz CT molecular complexity index is 512. The van der Waals surface area contributed by atoms with Crippen molar-refractivity contribution < 1.29 is 0 Å². The van der Waals surface area contributed by atoms with Gasteiger partial charge in [0.25, 0.3) is 0 Å². The van der Waals surface area contributed by atoms with Gasteiger partial charge in [-0.1, -0.05) is 30.3 Å². The maximum atomic E-state index is 4.41. The number of thiazole rings is 1. The first-order chi connectivity index (χ1) is 9.81. The standard InChI is InChI=1S/C16H21N3S/c1-13-10-18-15(9-14-5-3-2-4-6-14)11-19(13)12-16-17-7-8-20-16/h2-8,13,15,18H,9-12H2,1H3. The van der Waals surface area contributed by atoms with Crippen LogP contribution in [0.1, 0.15) is 17.5 Å². The maximum absolute atomic E-state index is 4.41. The van der Waals surface area contributed by atoms with Gasteiger partial charge in [-0.3, -0.25) is 4.90 Å². The van der Waals surface area contributed by atoms with Crippen LogP contribution in [-0.4, -0.2) is 35.1 Å². The first kappa shape index (κ1) is 13.7. The van der Waals surface area contributed by atoms with Crippen molar-refractivity contribution in [1.82, 2.24) is 15.2 Å². The van der Waals surface area contributed by atoms with Gasteiger partial charge in [-0.05, 0) is 18.9 Å². The van der Waals surface area contributed by atoms with E-state index in [9.17, 15) is 0 Å². The van der Waals surface area contributed by atoms with E-state index in [2.05, 4.69) is 57.8 Å². The number of piperazine rings is 1. The van der Waals surface area contributed by atoms with Crippen molar-refractivity contribution in [2.75, 3.05) is 13.1 Å². The maximum Gasteiger partial charge on any atom is 0.107 e. The second kappa shape index (κ2) is 6.48. The summed E-state index contributed by atoms with van der Waals surface area (Å²) in [6.07, 6.45) is 3.00. The molecule has 2 heterocycles. The van der Waals surface area contributed by atoms with E-state index in [1.54, 1.807) is 11.3 Å². The molecule has 3 rings (SSSR count). The SMILES string of the molecule is CC1CNC(Cc2ccccc2)CN1Cc1nccs1. The van der Waals surface area contributed by atoms with E-state index < -0.39 is 0 Å². The third kappa shape index (κ3) is 3.45. The summed E-state index contributed by atoms with van der Waals surface area (Å²) in [5.41, 5.74) is 1.41. The lowest BCUT2D eigenvalue weighted by atomic mass is 10.0. The lowest BCUT2D eigenvalue weighted by Gasteiger charge is -2.38. The Morgan fingerprint density at radius 1 is 1.35 bits per heavy atom. The zero-order valence-corrected chi connectivity index (χ0v) is 12.6. The van der Waals surface area contributed by atoms with Gasteiger partial charge >= 0.3 is 0 Å². The minimum atomic E-state index is 0.536. The van der Waals surface area contributed by atoms with Crippen LogP contribution in [0.25, 0.3) is 0 Å². The van der Waals surface area contributed by atoms with Crippen LogP contribution in [0.3, 0.4) is 0 Å². The van der Waals surface area contributed by atoms with Crippen LogP contribution >= 0.6 is 11.3 Å². The molecular formula is C16H21N3S. The highest BCUT2D eigenvalue weighted by molar-refractivity contribution is 7.09. The largest absolute Gasteiger partial charge is 0.311 e. The van der Waals surface area contributed by atoms with E-state index in [0.717, 1.165) is 26.1 Å². The predicted octanol–water partition coefficient (Wildman–Crippen LogP) is 2.55. The highest BCUT2D eigenvalue weighted by Crippen LogP contribution is 2.16. The summed E-state index contributed by atoms with van der Waals surface area (Å²) in [6, 6.07) is 11.9. The van der Waals surface area contributed by atoms with Crippen molar-refractivity contribution in [3.63, 3.8) is 0 Å². The Hall–Kier alpha value is -1.23. The molecule has 2 atom stereocenters. The van der Waals surface area contributed by atoms with Crippen molar-refractivity contribution in [3.8, 4) is 0 Å². The molecule has 1 aromatic heterocycles. The Morgan fingerprint density at radius 3 is 2.95 bits per heavy atom. The summed E-state index contributed by atoms with van der Waals surface area (Å²) >= 11 is 1.75. The molecule has 1 saturated heterocycles. The average molecular weight is 287 g/mol. The lowest BCUT2D eigenvalue weighted by molar-refractivity contribution is 0.133. The van der Waals surface area contributed by atoms with Gasteiger partial charge < -0.3 is 5.32 Å². The van der Waals surface area contributed by atoms with E-state index >= 15 is 0 Å². The molecule has 0 spiro atoms. The summed E-state index contributed by atoms with van der Waals surface area (Å²) in [5, 5.41) is 6.95. The molecule has 0 bridgehead atoms. The summed E-state index contributed by atoms with van der Waals surface area (Å²) in [4.78, 5) is 6.95. The van der Waals surface area contributed by atoms with Crippen LogP contribution in [0.15, 0.2) is 41.9 Å². The van der Waals surface area contributed by atoms with Gasteiger partial charge in [0.05, 0.1) is 6.54 Å². The molecule has 0 saturated carbocycles. The van der Waals surface area contributed by atoms with E-state index in [-0.39, 0.29) is 0 Å². The van der Waals surface area contributed by atoms with E-state index in [4.69, 9.17) is 0 Å². The molecule has 1 fully saturated rings. The molecule has 1 aliphatic rings. The molecule has 2 aromatic rings. The molecule has 0 radical (unpaired) electrons. The molecule has 1 N–H and O–H groups in total. The molecule has 1 aromatic carbocycles. The molecule has 0 amide bonds. The summed E-state index contributed by atoms with van der Waals surface area (Å²) in [7, 11) is 0. The van der Waals surface area contributed by atoms with Crippen LogP contribution in [0.2, 0.25) is 0 Å². The van der Waals surface area contributed by atoms with Gasteiger partial charge in [0.15, 0.2) is 0 Å². The van der Waals surface area contributed by atoms with Gasteiger partial charge in [-0.2, -0.15) is 0 Å². The van der Waals surface area contributed by atoms with Crippen molar-refractivity contribution in [2.45, 2.75) is 32.0 Å². The fraction of sp³-hybridized carbons (Fsp3) is 0.438. The summed E-state index contributed by atoms with van der Waals surface area (Å²) in [5.74, 6) is 0. The molecule has 2 unspecified atom stereocenters. The Balaban J connectivity index is 1.61. The Kier molecular flexibility index (Phi) is 4.45. The van der Waals surface area contributed by atoms with E-state index in [0.29, 0.717) is 12.1 Å². The fourth-order valence-corrected chi connectivity index (χ4v) is 3.40. The topological polar surface area (TPSA) is 28.2 Å². The molecular weight excluding hydrogens is 266 g/mol. The summed E-state index contributed by atoms with van der Waals surface area (Å²) < 4.78 is 0. The van der Waals surface area contributed by atoms with Crippen molar-refractivity contribution in [3.05, 3.63) is 52.5 Å². The van der Waals surface area contributed by atoms with Gasteiger partial charge in [-0.25, -0.2) is 4.98 Å². The number of hydrogen-bond acceptors (Lipinski definition) is 4. The van der Waals surface area contributed by atoms with Crippen LogP contribution in [0, 0.1) is 0 Å². The first-order valence-electron chi connectivity index (χ1n) is 7.21. The highest BCUT2D eigenvalue weighted by atomic mass is 32.1. The second-order valence-corrected chi connectivity index (χ2v) is 6.48. The molecule has 3 nitrogen and oxygen atoms in total. The Morgan fingerprint density at radius 2 is 2.20 bits per heavy atom. The average Bonchev–Trinajstić information content (AvgIpc) is 2.97. The van der Waals surface area contributed by atoms with Crippen molar-refractivity contribution in [1.29, 1.82) is 0 Å². The number of nitrogens with one attached hydrogen (secondary N) is 1. The zero-order chi connectivity index (χ0) is 13.8. The van der Waals surface area contributed by atoms with Crippen molar-refractivity contribution in [2.24, 2.45) is 0 Å². The quantitative estimate of drug-likeness (QED) is 0.936. The smallest absolute Gasteiger partial charge is 0.107 e. The second-order valence-electron chi connectivity index (χ2n) is 5.50. The molecule has 0 aliphatic carbocycles. The molecule has 4 heteroatoms. The van der Waals surface area contributed by atoms with Crippen LogP contribution in [0.5, 0.6) is 0 Å². The number of benzene rings is 1. The zero-order valence-electron chi connectivity index (χ0n) is 11.8. The van der Waals surface area contributed by atoms with Crippen molar-refractivity contribution >= 4 is 11.3 Å². The van der Waals surface area contributed by atoms with Gasteiger partial charge in [-0.15, -0.1) is 11.3 Å². The molecule has 20 heavy (non-hydrogen) atoms. The van der Waals surface area contributed by atoms with Crippen LogP contribution in [-0.2, 0) is 13.0 Å². The van der Waals surface area contributed by atoms with E-state index in [1.165, 1.54) is 10.6 Å². The minimum Gasteiger partial charge on any atom is -0.311 e. The third-order valence-electron chi connectivity index (χ3n) is 3.93. The Labute approximate surface area is 124 Å². The van der Waals surface area contributed by atoms with Gasteiger partial charge in [0.2, 0.25) is 0 Å². The van der Waals surface area contributed by atoms with E-state index in [1.807, 2.05) is 6.20 Å². The number of nitrogens with zero attached hydrogens (tertiary/aromatic N) is 2. The number of rotatable bonds is 4.